The van der Waals surface area contributed by atoms with Crippen molar-refractivity contribution in [1.82, 2.24) is 5.32 Å². The van der Waals surface area contributed by atoms with Crippen molar-refractivity contribution in [2.75, 3.05) is 10.6 Å². The number of benzene rings is 2. The molecule has 0 aliphatic carbocycles. The average molecular weight is 430 g/mol. The molecule has 0 radical (unpaired) electrons. The second kappa shape index (κ2) is 9.76. The van der Waals surface area contributed by atoms with E-state index in [9.17, 15) is 14.4 Å². The summed E-state index contributed by atoms with van der Waals surface area (Å²) in [5, 5.41) is 8.96. The first-order chi connectivity index (χ1) is 14.0. The van der Waals surface area contributed by atoms with E-state index in [0.717, 1.165) is 0 Å². The fourth-order valence-corrected chi connectivity index (χ4v) is 2.70. The summed E-state index contributed by atoms with van der Waals surface area (Å²) < 4.78 is 0. The molecule has 7 heteroatoms. The summed E-state index contributed by atoms with van der Waals surface area (Å²) in [4.78, 5) is 37.5. The fraction of sp³-hybridized carbons (Fsp3) is 0.348. The van der Waals surface area contributed by atoms with Gasteiger partial charge in [0.2, 0.25) is 11.8 Å². The van der Waals surface area contributed by atoms with E-state index in [-0.39, 0.29) is 23.6 Å². The third-order valence-electron chi connectivity index (χ3n) is 4.41. The van der Waals surface area contributed by atoms with Crippen LogP contribution >= 0.6 is 11.6 Å². The summed E-state index contributed by atoms with van der Waals surface area (Å²) in [6, 6.07) is 12.6. The zero-order chi connectivity index (χ0) is 22.5. The number of hydrogen-bond donors (Lipinski definition) is 3. The van der Waals surface area contributed by atoms with Crippen LogP contribution in [-0.4, -0.2) is 23.8 Å². The van der Waals surface area contributed by atoms with Crippen molar-refractivity contribution in [3.63, 3.8) is 0 Å². The van der Waals surface area contributed by atoms with Crippen molar-refractivity contribution in [2.24, 2.45) is 11.3 Å². The van der Waals surface area contributed by atoms with E-state index in [2.05, 4.69) is 16.0 Å². The number of rotatable bonds is 6. The molecule has 3 N–H and O–H groups in total. The largest absolute Gasteiger partial charge is 0.340 e. The van der Waals surface area contributed by atoms with Crippen molar-refractivity contribution in [3.8, 4) is 0 Å². The Morgan fingerprint density at radius 3 is 2.00 bits per heavy atom. The van der Waals surface area contributed by atoms with Crippen molar-refractivity contribution in [2.45, 2.75) is 40.7 Å². The lowest BCUT2D eigenvalue weighted by Gasteiger charge is -2.22. The first-order valence-corrected chi connectivity index (χ1v) is 10.1. The Balaban J connectivity index is 2.09. The third kappa shape index (κ3) is 6.59. The summed E-state index contributed by atoms with van der Waals surface area (Å²) in [6.07, 6.45) is 0. The SMILES string of the molecule is CC(C)C(NC(=O)c1ccc(Cl)cc1)C(=O)Nc1cccc(NC(=O)C(C)(C)C)c1. The zero-order valence-electron chi connectivity index (χ0n) is 17.9. The van der Waals surface area contributed by atoms with Crippen LogP contribution in [0.25, 0.3) is 0 Å². The molecule has 0 saturated heterocycles. The number of nitrogens with one attached hydrogen (secondary N) is 3. The molecule has 1 unspecified atom stereocenters. The molecule has 0 fully saturated rings. The van der Waals surface area contributed by atoms with Gasteiger partial charge in [-0.1, -0.05) is 52.3 Å². The Hall–Kier alpha value is -2.86. The van der Waals surface area contributed by atoms with Crippen LogP contribution in [0.4, 0.5) is 11.4 Å². The van der Waals surface area contributed by atoms with Crippen LogP contribution in [0.1, 0.15) is 45.0 Å². The molecule has 0 heterocycles. The van der Waals surface area contributed by atoms with Crippen LogP contribution in [0.2, 0.25) is 5.02 Å². The monoisotopic (exact) mass is 429 g/mol. The predicted molar refractivity (Wildman–Crippen MR) is 121 cm³/mol. The quantitative estimate of drug-likeness (QED) is 0.621. The van der Waals surface area contributed by atoms with Gasteiger partial charge in [0.25, 0.3) is 5.91 Å². The van der Waals surface area contributed by atoms with Gasteiger partial charge in [0, 0.05) is 27.4 Å². The van der Waals surface area contributed by atoms with Gasteiger partial charge in [0.15, 0.2) is 0 Å². The summed E-state index contributed by atoms with van der Waals surface area (Å²) >= 11 is 5.86. The molecule has 2 rings (SSSR count). The number of amides is 3. The summed E-state index contributed by atoms with van der Waals surface area (Å²) in [5.41, 5.74) is 0.996. The molecule has 0 aliphatic heterocycles. The highest BCUT2D eigenvalue weighted by Gasteiger charge is 2.25. The summed E-state index contributed by atoms with van der Waals surface area (Å²) in [5.74, 6) is -0.954. The Labute approximate surface area is 182 Å². The van der Waals surface area contributed by atoms with E-state index in [1.165, 1.54) is 0 Å². The Morgan fingerprint density at radius 2 is 1.47 bits per heavy atom. The maximum atomic E-state index is 12.8. The van der Waals surface area contributed by atoms with Gasteiger partial charge in [0.05, 0.1) is 0 Å². The van der Waals surface area contributed by atoms with Crippen LogP contribution in [0, 0.1) is 11.3 Å². The van der Waals surface area contributed by atoms with E-state index < -0.39 is 11.5 Å². The minimum Gasteiger partial charge on any atom is -0.340 e. The van der Waals surface area contributed by atoms with Crippen LogP contribution < -0.4 is 16.0 Å². The molecule has 3 amide bonds. The van der Waals surface area contributed by atoms with Gasteiger partial charge in [0.1, 0.15) is 6.04 Å². The standard InChI is InChI=1S/C23H28ClN3O3/c1-14(2)19(27-20(28)15-9-11-16(24)12-10-15)21(29)25-17-7-6-8-18(13-17)26-22(30)23(3,4)5/h6-14,19H,1-5H3,(H,25,29)(H,26,30)(H,27,28). The van der Waals surface area contributed by atoms with E-state index in [1.54, 1.807) is 48.5 Å². The van der Waals surface area contributed by atoms with Crippen LogP contribution in [0.3, 0.4) is 0 Å². The third-order valence-corrected chi connectivity index (χ3v) is 4.66. The number of carbonyl (C=O) groups excluding carboxylic acids is 3. The molecule has 2 aromatic rings. The van der Waals surface area contributed by atoms with Crippen LogP contribution in [0.5, 0.6) is 0 Å². The van der Waals surface area contributed by atoms with E-state index >= 15 is 0 Å². The minimum absolute atomic E-state index is 0.124. The normalized spacial score (nSPS) is 12.2. The molecule has 2 aromatic carbocycles. The summed E-state index contributed by atoms with van der Waals surface area (Å²) in [6.45, 7) is 9.18. The lowest BCUT2D eigenvalue weighted by Crippen LogP contribution is -2.47. The van der Waals surface area contributed by atoms with Gasteiger partial charge < -0.3 is 16.0 Å². The van der Waals surface area contributed by atoms with E-state index in [1.807, 2.05) is 34.6 Å². The topological polar surface area (TPSA) is 87.3 Å². The highest BCUT2D eigenvalue weighted by Crippen LogP contribution is 2.20. The van der Waals surface area contributed by atoms with Gasteiger partial charge in [-0.15, -0.1) is 0 Å². The lowest BCUT2D eigenvalue weighted by molar-refractivity contribution is -0.123. The van der Waals surface area contributed by atoms with Crippen molar-refractivity contribution >= 4 is 40.7 Å². The number of anilines is 2. The molecular weight excluding hydrogens is 402 g/mol. The second-order valence-electron chi connectivity index (χ2n) is 8.48. The predicted octanol–water partition coefficient (Wildman–Crippen LogP) is 4.72. The Kier molecular flexibility index (Phi) is 7.62. The number of carbonyl (C=O) groups is 3. The first kappa shape index (κ1) is 23.4. The molecule has 160 valence electrons. The van der Waals surface area contributed by atoms with E-state index in [0.29, 0.717) is 22.0 Å². The van der Waals surface area contributed by atoms with E-state index in [4.69, 9.17) is 11.6 Å². The molecular formula is C23H28ClN3O3. The van der Waals surface area contributed by atoms with Crippen molar-refractivity contribution < 1.29 is 14.4 Å². The zero-order valence-corrected chi connectivity index (χ0v) is 18.6. The molecule has 0 bridgehead atoms. The second-order valence-corrected chi connectivity index (χ2v) is 8.91. The molecule has 0 saturated carbocycles. The molecule has 0 aliphatic rings. The number of halogens is 1. The van der Waals surface area contributed by atoms with Gasteiger partial charge in [-0.3, -0.25) is 14.4 Å². The summed E-state index contributed by atoms with van der Waals surface area (Å²) in [7, 11) is 0. The van der Waals surface area contributed by atoms with Crippen molar-refractivity contribution in [3.05, 3.63) is 59.1 Å². The molecule has 30 heavy (non-hydrogen) atoms. The lowest BCUT2D eigenvalue weighted by atomic mass is 9.95. The van der Waals surface area contributed by atoms with Crippen molar-refractivity contribution in [1.29, 1.82) is 0 Å². The Morgan fingerprint density at radius 1 is 0.900 bits per heavy atom. The minimum atomic E-state index is -0.735. The molecule has 6 nitrogen and oxygen atoms in total. The van der Waals surface area contributed by atoms with Gasteiger partial charge in [-0.05, 0) is 48.4 Å². The molecule has 1 atom stereocenters. The maximum absolute atomic E-state index is 12.8. The first-order valence-electron chi connectivity index (χ1n) is 9.76. The van der Waals surface area contributed by atoms with Crippen LogP contribution in [-0.2, 0) is 9.59 Å². The van der Waals surface area contributed by atoms with Crippen LogP contribution in [0.15, 0.2) is 48.5 Å². The maximum Gasteiger partial charge on any atom is 0.251 e. The highest BCUT2D eigenvalue weighted by molar-refractivity contribution is 6.30. The average Bonchev–Trinajstić information content (AvgIpc) is 2.65. The highest BCUT2D eigenvalue weighted by atomic mass is 35.5. The fourth-order valence-electron chi connectivity index (χ4n) is 2.57. The smallest absolute Gasteiger partial charge is 0.251 e. The molecule has 0 spiro atoms. The van der Waals surface area contributed by atoms with Gasteiger partial charge in [-0.25, -0.2) is 0 Å². The Bertz CT molecular complexity index is 918. The van der Waals surface area contributed by atoms with Gasteiger partial charge >= 0.3 is 0 Å². The molecule has 0 aromatic heterocycles. The van der Waals surface area contributed by atoms with Gasteiger partial charge in [-0.2, -0.15) is 0 Å². The number of hydrogen-bond acceptors (Lipinski definition) is 3.